The lowest BCUT2D eigenvalue weighted by Crippen LogP contribution is -2.34. The number of hydrogen-bond donors (Lipinski definition) is 0. The molecule has 1 aromatic heterocycles. The van der Waals surface area contributed by atoms with Gasteiger partial charge in [0.2, 0.25) is 5.82 Å². The van der Waals surface area contributed by atoms with Crippen molar-refractivity contribution in [2.45, 2.75) is 26.2 Å². The van der Waals surface area contributed by atoms with Gasteiger partial charge in [0.05, 0.1) is 11.9 Å². The first-order chi connectivity index (χ1) is 7.02. The predicted octanol–water partition coefficient (Wildman–Crippen LogP) is 1.74. The summed E-state index contributed by atoms with van der Waals surface area (Å²) in [5, 5.41) is 0. The van der Waals surface area contributed by atoms with E-state index in [2.05, 4.69) is 9.88 Å². The largest absolute Gasteiger partial charge is 0.449 e. The van der Waals surface area contributed by atoms with Crippen molar-refractivity contribution in [1.29, 1.82) is 0 Å². The molecule has 0 N–H and O–H groups in total. The topological polar surface area (TPSA) is 21.1 Å². The molecule has 0 unspecified atom stereocenters. The van der Waals surface area contributed by atoms with Crippen molar-refractivity contribution < 1.29 is 13.2 Å². The van der Waals surface area contributed by atoms with E-state index >= 15 is 0 Å². The van der Waals surface area contributed by atoms with Gasteiger partial charge in [0.25, 0.3) is 0 Å². The van der Waals surface area contributed by atoms with Crippen LogP contribution in [0.15, 0.2) is 6.20 Å². The lowest BCUT2D eigenvalue weighted by Gasteiger charge is -2.27. The highest BCUT2D eigenvalue weighted by Gasteiger charge is 2.38. The monoisotopic (exact) mass is 219 g/mol. The van der Waals surface area contributed by atoms with E-state index in [-0.39, 0.29) is 0 Å². The molecule has 84 valence electrons. The molecule has 2 heterocycles. The maximum atomic E-state index is 12.5. The summed E-state index contributed by atoms with van der Waals surface area (Å²) in [7, 11) is 0. The Balaban J connectivity index is 2.30. The van der Waals surface area contributed by atoms with Crippen LogP contribution in [0, 0.1) is 0 Å². The third-order valence-corrected chi connectivity index (χ3v) is 2.66. The fraction of sp³-hybridized carbons (Fsp3) is 0.667. The van der Waals surface area contributed by atoms with E-state index in [0.29, 0.717) is 25.3 Å². The highest BCUT2D eigenvalue weighted by Crippen LogP contribution is 2.30. The molecular formula is C9H12F3N3. The molecule has 3 nitrogen and oxygen atoms in total. The van der Waals surface area contributed by atoms with Crippen molar-refractivity contribution in [3.05, 3.63) is 17.7 Å². The summed E-state index contributed by atoms with van der Waals surface area (Å²) < 4.78 is 38.7. The molecule has 1 aromatic rings. The molecule has 0 saturated carbocycles. The van der Waals surface area contributed by atoms with Crippen molar-refractivity contribution in [3.8, 4) is 0 Å². The van der Waals surface area contributed by atoms with Gasteiger partial charge in [-0.05, 0) is 6.54 Å². The maximum Gasteiger partial charge on any atom is 0.449 e. The zero-order valence-electron chi connectivity index (χ0n) is 8.38. The van der Waals surface area contributed by atoms with Gasteiger partial charge in [0.1, 0.15) is 0 Å². The SMILES string of the molecule is CCN1CCn2c(cnc2C(F)(F)F)C1. The molecule has 0 aromatic carbocycles. The van der Waals surface area contributed by atoms with E-state index in [1.807, 2.05) is 6.92 Å². The first kappa shape index (κ1) is 10.5. The molecule has 1 aliphatic rings. The fourth-order valence-corrected chi connectivity index (χ4v) is 1.83. The average Bonchev–Trinajstić information content (AvgIpc) is 2.59. The summed E-state index contributed by atoms with van der Waals surface area (Å²) in [5.41, 5.74) is 0.649. The summed E-state index contributed by atoms with van der Waals surface area (Å²) >= 11 is 0. The van der Waals surface area contributed by atoms with E-state index in [1.165, 1.54) is 10.8 Å². The molecule has 6 heteroatoms. The van der Waals surface area contributed by atoms with Crippen LogP contribution in [0.4, 0.5) is 13.2 Å². The molecule has 0 spiro atoms. The van der Waals surface area contributed by atoms with Crippen molar-refractivity contribution in [2.75, 3.05) is 13.1 Å². The zero-order chi connectivity index (χ0) is 11.1. The van der Waals surface area contributed by atoms with Crippen LogP contribution in [-0.2, 0) is 19.3 Å². The molecule has 0 saturated heterocycles. The molecule has 0 radical (unpaired) electrons. The van der Waals surface area contributed by atoms with E-state index in [9.17, 15) is 13.2 Å². The van der Waals surface area contributed by atoms with Gasteiger partial charge >= 0.3 is 6.18 Å². The van der Waals surface area contributed by atoms with Crippen molar-refractivity contribution in [2.24, 2.45) is 0 Å². The third kappa shape index (κ3) is 1.86. The zero-order valence-corrected chi connectivity index (χ0v) is 8.38. The van der Waals surface area contributed by atoms with E-state index in [0.717, 1.165) is 6.54 Å². The molecule has 2 rings (SSSR count). The number of aromatic nitrogens is 2. The number of alkyl halides is 3. The molecular weight excluding hydrogens is 207 g/mol. The lowest BCUT2D eigenvalue weighted by atomic mass is 10.3. The van der Waals surface area contributed by atoms with Crippen LogP contribution in [0.5, 0.6) is 0 Å². The van der Waals surface area contributed by atoms with Crippen LogP contribution < -0.4 is 0 Å². The first-order valence-electron chi connectivity index (χ1n) is 4.86. The summed E-state index contributed by atoms with van der Waals surface area (Å²) in [6.07, 6.45) is -3.02. The van der Waals surface area contributed by atoms with E-state index in [1.54, 1.807) is 0 Å². The van der Waals surface area contributed by atoms with Gasteiger partial charge in [-0.15, -0.1) is 0 Å². The number of hydrogen-bond acceptors (Lipinski definition) is 2. The minimum atomic E-state index is -4.34. The smallest absolute Gasteiger partial charge is 0.322 e. The highest BCUT2D eigenvalue weighted by atomic mass is 19.4. The second kappa shape index (κ2) is 3.52. The molecule has 0 amide bonds. The van der Waals surface area contributed by atoms with Crippen LogP contribution in [0.3, 0.4) is 0 Å². The number of likely N-dealkylation sites (N-methyl/N-ethyl adjacent to an activating group) is 1. The summed E-state index contributed by atoms with van der Waals surface area (Å²) in [6.45, 7) is 4.43. The quantitative estimate of drug-likeness (QED) is 0.717. The van der Waals surface area contributed by atoms with Gasteiger partial charge in [-0.3, -0.25) is 4.90 Å². The van der Waals surface area contributed by atoms with Gasteiger partial charge in [-0.25, -0.2) is 4.98 Å². The minimum absolute atomic E-state index is 0.373. The van der Waals surface area contributed by atoms with Crippen molar-refractivity contribution in [1.82, 2.24) is 14.5 Å². The Bertz CT molecular complexity index is 356. The number of rotatable bonds is 1. The third-order valence-electron chi connectivity index (χ3n) is 2.66. The van der Waals surface area contributed by atoms with Crippen LogP contribution in [0.2, 0.25) is 0 Å². The van der Waals surface area contributed by atoms with Crippen LogP contribution >= 0.6 is 0 Å². The Morgan fingerprint density at radius 2 is 2.13 bits per heavy atom. The molecule has 0 aliphatic carbocycles. The summed E-state index contributed by atoms with van der Waals surface area (Å²) in [4.78, 5) is 5.54. The predicted molar refractivity (Wildman–Crippen MR) is 48.2 cm³/mol. The Kier molecular flexibility index (Phi) is 2.46. The standard InChI is InChI=1S/C9H12F3N3/c1-2-14-3-4-15-7(6-14)5-13-8(15)9(10,11)12/h5H,2-4,6H2,1H3. The second-order valence-corrected chi connectivity index (χ2v) is 3.59. The van der Waals surface area contributed by atoms with Gasteiger partial charge in [-0.1, -0.05) is 6.92 Å². The average molecular weight is 219 g/mol. The Hall–Kier alpha value is -1.04. The minimum Gasteiger partial charge on any atom is -0.322 e. The summed E-state index contributed by atoms with van der Waals surface area (Å²) in [6, 6.07) is 0. The van der Waals surface area contributed by atoms with Gasteiger partial charge in [0.15, 0.2) is 0 Å². The Morgan fingerprint density at radius 1 is 1.40 bits per heavy atom. The highest BCUT2D eigenvalue weighted by molar-refractivity contribution is 5.10. The second-order valence-electron chi connectivity index (χ2n) is 3.59. The number of imidazole rings is 1. The van der Waals surface area contributed by atoms with Crippen molar-refractivity contribution in [3.63, 3.8) is 0 Å². The maximum absolute atomic E-state index is 12.5. The van der Waals surface area contributed by atoms with Crippen LogP contribution in [-0.4, -0.2) is 27.5 Å². The molecule has 0 atom stereocenters. The lowest BCUT2D eigenvalue weighted by molar-refractivity contribution is -0.147. The van der Waals surface area contributed by atoms with E-state index in [4.69, 9.17) is 0 Å². The van der Waals surface area contributed by atoms with Crippen LogP contribution in [0.25, 0.3) is 0 Å². The summed E-state index contributed by atoms with van der Waals surface area (Å²) in [5.74, 6) is -0.770. The number of fused-ring (bicyclic) bond motifs is 1. The Labute approximate surface area is 85.5 Å². The fourth-order valence-electron chi connectivity index (χ4n) is 1.83. The molecule has 0 bridgehead atoms. The van der Waals surface area contributed by atoms with Gasteiger partial charge < -0.3 is 4.57 Å². The number of nitrogens with zero attached hydrogens (tertiary/aromatic N) is 3. The molecule has 1 aliphatic heterocycles. The van der Waals surface area contributed by atoms with Crippen molar-refractivity contribution >= 4 is 0 Å². The normalized spacial score (nSPS) is 17.9. The van der Waals surface area contributed by atoms with Crippen LogP contribution in [0.1, 0.15) is 18.4 Å². The molecule has 15 heavy (non-hydrogen) atoms. The number of halogens is 3. The van der Waals surface area contributed by atoms with Gasteiger partial charge in [0, 0.05) is 19.6 Å². The Morgan fingerprint density at radius 3 is 2.73 bits per heavy atom. The first-order valence-corrected chi connectivity index (χ1v) is 4.86. The van der Waals surface area contributed by atoms with E-state index < -0.39 is 12.0 Å². The molecule has 0 fully saturated rings. The van der Waals surface area contributed by atoms with Gasteiger partial charge in [-0.2, -0.15) is 13.2 Å².